The van der Waals surface area contributed by atoms with Crippen LogP contribution < -0.4 is 25.4 Å². The number of anilines is 2. The molecule has 2 aromatic rings. The van der Waals surface area contributed by atoms with Crippen LogP contribution in [0.3, 0.4) is 0 Å². The van der Waals surface area contributed by atoms with E-state index in [0.717, 1.165) is 22.4 Å². The highest BCUT2D eigenvalue weighted by Gasteiger charge is 2.60. The van der Waals surface area contributed by atoms with Gasteiger partial charge in [0.2, 0.25) is 11.8 Å². The second-order valence-corrected chi connectivity index (χ2v) is 9.11. The molecule has 7 nitrogen and oxygen atoms in total. The Bertz CT molecular complexity index is 1080. The normalized spacial score (nSPS) is 23.9. The monoisotopic (exact) mass is 437 g/mol. The molecule has 7 heteroatoms. The summed E-state index contributed by atoms with van der Waals surface area (Å²) < 4.78 is 10.7. The lowest BCUT2D eigenvalue weighted by molar-refractivity contribution is -0.130. The molecule has 1 saturated heterocycles. The van der Waals surface area contributed by atoms with Crippen molar-refractivity contribution < 1.29 is 19.1 Å². The Labute approximate surface area is 188 Å². The first kappa shape index (κ1) is 22.1. The number of nitrogens with one attached hydrogen (secondary N) is 3. The average Bonchev–Trinajstić information content (AvgIpc) is 3.29. The Morgan fingerprint density at radius 2 is 1.91 bits per heavy atom. The fourth-order valence-electron chi connectivity index (χ4n) is 5.02. The van der Waals surface area contributed by atoms with Crippen LogP contribution in [-0.2, 0) is 15.1 Å². The molecule has 0 aromatic heterocycles. The summed E-state index contributed by atoms with van der Waals surface area (Å²) in [6.45, 7) is 8.20. The third kappa shape index (κ3) is 3.41. The van der Waals surface area contributed by atoms with Crippen LogP contribution in [-0.4, -0.2) is 32.1 Å². The zero-order chi connectivity index (χ0) is 23.2. The fourth-order valence-corrected chi connectivity index (χ4v) is 5.02. The quantitative estimate of drug-likeness (QED) is 0.663. The van der Waals surface area contributed by atoms with E-state index < -0.39 is 11.5 Å². The summed E-state index contributed by atoms with van der Waals surface area (Å²) in [6, 6.07) is 9.33. The first-order chi connectivity index (χ1) is 15.2. The summed E-state index contributed by atoms with van der Waals surface area (Å²) in [5.74, 6) is 0.404. The van der Waals surface area contributed by atoms with Gasteiger partial charge in [-0.25, -0.2) is 0 Å². The third-order valence-electron chi connectivity index (χ3n) is 6.71. The van der Waals surface area contributed by atoms with Crippen molar-refractivity contribution in [3.8, 4) is 11.5 Å². The molecule has 0 aliphatic carbocycles. The van der Waals surface area contributed by atoms with Crippen molar-refractivity contribution in [2.45, 2.75) is 45.7 Å². The van der Waals surface area contributed by atoms with Gasteiger partial charge < -0.3 is 20.1 Å². The minimum Gasteiger partial charge on any atom is -0.497 e. The molecule has 2 amide bonds. The summed E-state index contributed by atoms with van der Waals surface area (Å²) in [4.78, 5) is 27.2. The van der Waals surface area contributed by atoms with E-state index in [0.29, 0.717) is 23.6 Å². The number of benzene rings is 2. The molecule has 2 aliphatic rings. The molecule has 3 N–H and O–H groups in total. The molecule has 170 valence electrons. The highest BCUT2D eigenvalue weighted by atomic mass is 16.5. The number of methoxy groups -OCH3 is 2. The smallest absolute Gasteiger partial charge is 0.250 e. The van der Waals surface area contributed by atoms with E-state index in [-0.39, 0.29) is 23.8 Å². The number of carbonyl (C=O) groups excluding carboxylic acids is 2. The zero-order valence-electron chi connectivity index (χ0n) is 19.5. The molecule has 1 spiro atoms. The maximum absolute atomic E-state index is 13.7. The van der Waals surface area contributed by atoms with E-state index in [2.05, 4.69) is 29.8 Å². The van der Waals surface area contributed by atoms with Crippen LogP contribution in [0.5, 0.6) is 11.5 Å². The molecule has 32 heavy (non-hydrogen) atoms. The molecular weight excluding hydrogens is 406 g/mol. The van der Waals surface area contributed by atoms with Gasteiger partial charge in [0.1, 0.15) is 17.0 Å². The summed E-state index contributed by atoms with van der Waals surface area (Å²) in [5, 5.41) is 9.62. The summed E-state index contributed by atoms with van der Waals surface area (Å²) in [5.41, 5.74) is 3.10. The Morgan fingerprint density at radius 1 is 1.16 bits per heavy atom. The van der Waals surface area contributed by atoms with Crippen LogP contribution in [0.1, 0.15) is 37.0 Å². The van der Waals surface area contributed by atoms with Crippen molar-refractivity contribution in [2.24, 2.45) is 11.8 Å². The lowest BCUT2D eigenvalue weighted by atomic mass is 9.78. The molecule has 2 aliphatic heterocycles. The molecule has 4 rings (SSSR count). The lowest BCUT2D eigenvalue weighted by Gasteiger charge is -2.30. The Hall–Kier alpha value is -3.06. The fraction of sp³-hybridized carbons (Fsp3) is 0.440. The molecule has 0 saturated carbocycles. The van der Waals surface area contributed by atoms with Crippen molar-refractivity contribution in [3.63, 3.8) is 0 Å². The SMILES string of the molecule is COc1ccc(OC)c(NC(=O)C2CC(C(C)C)NC23C(=O)Nc2c(C)cc(C)cc23)c1. The van der Waals surface area contributed by atoms with Gasteiger partial charge in [0.05, 0.1) is 25.8 Å². The van der Waals surface area contributed by atoms with E-state index in [1.807, 2.05) is 26.0 Å². The van der Waals surface area contributed by atoms with Crippen molar-refractivity contribution in [1.29, 1.82) is 0 Å². The van der Waals surface area contributed by atoms with Crippen molar-refractivity contribution in [3.05, 3.63) is 47.0 Å². The molecule has 1 fully saturated rings. The molecular formula is C25H31N3O4. The van der Waals surface area contributed by atoms with E-state index in [1.165, 1.54) is 0 Å². The first-order valence-electron chi connectivity index (χ1n) is 10.9. The van der Waals surface area contributed by atoms with Gasteiger partial charge in [-0.3, -0.25) is 14.9 Å². The number of fused-ring (bicyclic) bond motifs is 2. The highest BCUT2D eigenvalue weighted by Crippen LogP contribution is 2.49. The van der Waals surface area contributed by atoms with Crippen molar-refractivity contribution in [1.82, 2.24) is 5.32 Å². The number of hydrogen-bond acceptors (Lipinski definition) is 5. The van der Waals surface area contributed by atoms with Crippen LogP contribution in [0.25, 0.3) is 0 Å². The molecule has 3 atom stereocenters. The predicted octanol–water partition coefficient (Wildman–Crippen LogP) is 3.74. The molecule has 0 radical (unpaired) electrons. The standard InChI is InChI=1S/C25H31N3O4/c1-13(2)19-12-18(23(29)26-20-11-16(31-5)7-8-21(20)32-6)25(28-19)17-10-14(3)9-15(4)22(17)27-24(25)30/h7-11,13,18-19,28H,12H2,1-6H3,(H,26,29)(H,27,30). The maximum atomic E-state index is 13.7. The summed E-state index contributed by atoms with van der Waals surface area (Å²) in [6.07, 6.45) is 0.551. The molecule has 2 aromatic carbocycles. The number of amides is 2. The van der Waals surface area contributed by atoms with Crippen molar-refractivity contribution >= 4 is 23.2 Å². The largest absolute Gasteiger partial charge is 0.497 e. The molecule has 3 unspecified atom stereocenters. The van der Waals surface area contributed by atoms with Gasteiger partial charge in [-0.15, -0.1) is 0 Å². The van der Waals surface area contributed by atoms with Gasteiger partial charge in [0.25, 0.3) is 0 Å². The number of hydrogen-bond donors (Lipinski definition) is 3. The van der Waals surface area contributed by atoms with E-state index in [4.69, 9.17) is 9.47 Å². The minimum absolute atomic E-state index is 0.0236. The van der Waals surface area contributed by atoms with Crippen LogP contribution in [0.2, 0.25) is 0 Å². The second kappa shape index (κ2) is 8.13. The van der Waals surface area contributed by atoms with E-state index in [9.17, 15) is 9.59 Å². The highest BCUT2D eigenvalue weighted by molar-refractivity contribution is 6.11. The topological polar surface area (TPSA) is 88.7 Å². The Balaban J connectivity index is 1.78. The van der Waals surface area contributed by atoms with Crippen LogP contribution in [0, 0.1) is 25.7 Å². The third-order valence-corrected chi connectivity index (χ3v) is 6.71. The van der Waals surface area contributed by atoms with Gasteiger partial charge in [-0.2, -0.15) is 0 Å². The summed E-state index contributed by atoms with van der Waals surface area (Å²) in [7, 11) is 3.12. The van der Waals surface area contributed by atoms with Crippen LogP contribution in [0.4, 0.5) is 11.4 Å². The van der Waals surface area contributed by atoms with Gasteiger partial charge >= 0.3 is 0 Å². The number of carbonyl (C=O) groups is 2. The van der Waals surface area contributed by atoms with Crippen LogP contribution >= 0.6 is 0 Å². The van der Waals surface area contributed by atoms with Gasteiger partial charge in [-0.1, -0.05) is 31.5 Å². The van der Waals surface area contributed by atoms with Gasteiger partial charge in [0, 0.05) is 23.4 Å². The lowest BCUT2D eigenvalue weighted by Crippen LogP contribution is -2.52. The Morgan fingerprint density at radius 3 is 2.56 bits per heavy atom. The molecule has 2 heterocycles. The number of aryl methyl sites for hydroxylation is 2. The number of ether oxygens (including phenoxy) is 2. The second-order valence-electron chi connectivity index (χ2n) is 9.11. The van der Waals surface area contributed by atoms with Gasteiger partial charge in [-0.05, 0) is 43.9 Å². The summed E-state index contributed by atoms with van der Waals surface area (Å²) >= 11 is 0. The van der Waals surface area contributed by atoms with E-state index in [1.54, 1.807) is 32.4 Å². The van der Waals surface area contributed by atoms with Crippen molar-refractivity contribution in [2.75, 3.05) is 24.9 Å². The van der Waals surface area contributed by atoms with Gasteiger partial charge in [0.15, 0.2) is 0 Å². The van der Waals surface area contributed by atoms with Crippen LogP contribution in [0.15, 0.2) is 30.3 Å². The first-order valence-corrected chi connectivity index (χ1v) is 10.9. The zero-order valence-corrected chi connectivity index (χ0v) is 19.5. The predicted molar refractivity (Wildman–Crippen MR) is 124 cm³/mol. The van der Waals surface area contributed by atoms with E-state index >= 15 is 0 Å². The maximum Gasteiger partial charge on any atom is 0.250 e. The molecule has 0 bridgehead atoms. The average molecular weight is 438 g/mol. The Kier molecular flexibility index (Phi) is 5.63. The minimum atomic E-state index is -1.11. The number of rotatable bonds is 5.